The minimum atomic E-state index is -0.514. The number of nitro benzene ring substituents is 1. The molecule has 0 aromatic heterocycles. The number of hydrogen-bond acceptors (Lipinski definition) is 7. The Morgan fingerprint density at radius 2 is 1.62 bits per heavy atom. The maximum absolute atomic E-state index is 12.8. The van der Waals surface area contributed by atoms with Gasteiger partial charge in [0.2, 0.25) is 5.91 Å². The van der Waals surface area contributed by atoms with Crippen LogP contribution >= 0.6 is 12.2 Å². The van der Waals surface area contributed by atoms with E-state index in [-0.39, 0.29) is 28.2 Å². The van der Waals surface area contributed by atoms with Gasteiger partial charge in [-0.2, -0.15) is 0 Å². The Kier molecular flexibility index (Phi) is 9.01. The number of thiocarbonyl (C=S) groups is 1. The van der Waals surface area contributed by atoms with Crippen LogP contribution in [0, 0.1) is 22.0 Å². The van der Waals surface area contributed by atoms with Gasteiger partial charge >= 0.3 is 0 Å². The van der Waals surface area contributed by atoms with Crippen molar-refractivity contribution >= 4 is 51.9 Å². The van der Waals surface area contributed by atoms with Crippen molar-refractivity contribution in [2.45, 2.75) is 33.6 Å². The molecule has 0 spiro atoms. The summed E-state index contributed by atoms with van der Waals surface area (Å²) in [4.78, 5) is 42.5. The lowest BCUT2D eigenvalue weighted by Gasteiger charge is -2.37. The fourth-order valence-electron chi connectivity index (χ4n) is 4.97. The van der Waals surface area contributed by atoms with Gasteiger partial charge in [0.1, 0.15) is 5.69 Å². The molecule has 10 nitrogen and oxygen atoms in total. The summed E-state index contributed by atoms with van der Waals surface area (Å²) in [6.07, 6.45) is 1.96. The predicted octanol–water partition coefficient (Wildman–Crippen LogP) is 4.26. The molecule has 0 bridgehead atoms. The summed E-state index contributed by atoms with van der Waals surface area (Å²) in [6.45, 7) is 10.5. The van der Waals surface area contributed by atoms with E-state index in [1.807, 2.05) is 47.9 Å². The molecule has 2 aliphatic heterocycles. The van der Waals surface area contributed by atoms with Crippen LogP contribution in [0.2, 0.25) is 0 Å². The van der Waals surface area contributed by atoms with Crippen LogP contribution in [0.3, 0.4) is 0 Å². The summed E-state index contributed by atoms with van der Waals surface area (Å²) in [7, 11) is 0. The van der Waals surface area contributed by atoms with E-state index >= 15 is 0 Å². The van der Waals surface area contributed by atoms with Gasteiger partial charge in [0.15, 0.2) is 5.11 Å². The molecule has 2 aromatic carbocycles. The lowest BCUT2D eigenvalue weighted by atomic mass is 9.98. The molecule has 208 valence electrons. The SMILES string of the molecule is CC1CCN(c2ccc(C(=O)NC(=S)Nc3ccc(N4CCN(C(=O)C(C)C)CC4)cc3)cc2[N+](=O)[O-])CC1. The Labute approximate surface area is 234 Å². The van der Waals surface area contributed by atoms with Crippen LogP contribution in [-0.4, -0.2) is 66.0 Å². The van der Waals surface area contributed by atoms with Crippen LogP contribution < -0.4 is 20.4 Å². The summed E-state index contributed by atoms with van der Waals surface area (Å²) in [5.74, 6) is 0.281. The standard InChI is InChI=1S/C28H36N6O4S/c1-19(2)27(36)33-16-14-31(15-17-33)23-7-5-22(6-8-23)29-28(39)30-26(35)21-4-9-24(25(18-21)34(37)38)32-12-10-20(3)11-13-32/h4-9,18-20H,10-17H2,1-3H3,(H2,29,30,35,39). The van der Waals surface area contributed by atoms with Crippen molar-refractivity contribution < 1.29 is 14.5 Å². The third kappa shape index (κ3) is 7.03. The molecule has 4 rings (SSSR count). The first-order valence-electron chi connectivity index (χ1n) is 13.4. The highest BCUT2D eigenvalue weighted by Crippen LogP contribution is 2.32. The first-order chi connectivity index (χ1) is 18.6. The van der Waals surface area contributed by atoms with E-state index in [1.165, 1.54) is 6.07 Å². The minimum Gasteiger partial charge on any atom is -0.368 e. The van der Waals surface area contributed by atoms with E-state index in [0.29, 0.717) is 30.4 Å². The summed E-state index contributed by atoms with van der Waals surface area (Å²) < 4.78 is 0. The highest BCUT2D eigenvalue weighted by Gasteiger charge is 2.25. The Bertz CT molecular complexity index is 1220. The number of piperidine rings is 1. The van der Waals surface area contributed by atoms with Crippen molar-refractivity contribution in [2.24, 2.45) is 11.8 Å². The average Bonchev–Trinajstić information content (AvgIpc) is 2.93. The van der Waals surface area contributed by atoms with E-state index in [4.69, 9.17) is 12.2 Å². The molecule has 2 amide bonds. The van der Waals surface area contributed by atoms with Gasteiger partial charge < -0.3 is 20.0 Å². The molecule has 2 fully saturated rings. The number of benzene rings is 2. The molecule has 0 radical (unpaired) electrons. The number of carbonyl (C=O) groups is 2. The van der Waals surface area contributed by atoms with E-state index < -0.39 is 10.8 Å². The van der Waals surface area contributed by atoms with Crippen LogP contribution in [0.25, 0.3) is 0 Å². The maximum Gasteiger partial charge on any atom is 0.293 e. The third-order valence-corrected chi connectivity index (χ3v) is 7.57. The lowest BCUT2D eigenvalue weighted by molar-refractivity contribution is -0.384. The van der Waals surface area contributed by atoms with Gasteiger partial charge in [-0.15, -0.1) is 0 Å². The van der Waals surface area contributed by atoms with Gasteiger partial charge in [0.05, 0.1) is 4.92 Å². The first kappa shape index (κ1) is 28.3. The topological polar surface area (TPSA) is 111 Å². The highest BCUT2D eigenvalue weighted by atomic mass is 32.1. The molecule has 2 heterocycles. The third-order valence-electron chi connectivity index (χ3n) is 7.36. The molecule has 11 heteroatoms. The Balaban J connectivity index is 1.32. The number of carbonyl (C=O) groups excluding carboxylic acids is 2. The number of anilines is 3. The van der Waals surface area contributed by atoms with Crippen LogP contribution in [0.4, 0.5) is 22.7 Å². The largest absolute Gasteiger partial charge is 0.368 e. The molecular weight excluding hydrogens is 516 g/mol. The van der Waals surface area contributed by atoms with Crippen molar-refractivity contribution in [3.8, 4) is 0 Å². The van der Waals surface area contributed by atoms with Crippen molar-refractivity contribution in [1.82, 2.24) is 10.2 Å². The van der Waals surface area contributed by atoms with E-state index in [0.717, 1.165) is 44.7 Å². The molecule has 0 unspecified atom stereocenters. The zero-order valence-corrected chi connectivity index (χ0v) is 23.5. The zero-order valence-electron chi connectivity index (χ0n) is 22.7. The molecule has 39 heavy (non-hydrogen) atoms. The Morgan fingerprint density at radius 3 is 2.21 bits per heavy atom. The second-order valence-electron chi connectivity index (χ2n) is 10.6. The van der Waals surface area contributed by atoms with Gasteiger partial charge in [-0.25, -0.2) is 0 Å². The molecule has 2 aliphatic rings. The molecule has 2 aromatic rings. The lowest BCUT2D eigenvalue weighted by Crippen LogP contribution is -2.49. The normalized spacial score (nSPS) is 16.3. The zero-order chi connectivity index (χ0) is 28.1. The summed E-state index contributed by atoms with van der Waals surface area (Å²) in [5.41, 5.74) is 2.38. The molecule has 2 N–H and O–H groups in total. The summed E-state index contributed by atoms with van der Waals surface area (Å²) >= 11 is 5.32. The van der Waals surface area contributed by atoms with Crippen molar-refractivity contribution in [3.63, 3.8) is 0 Å². The molecule has 0 aliphatic carbocycles. The summed E-state index contributed by atoms with van der Waals surface area (Å²) in [6, 6.07) is 12.2. The average molecular weight is 553 g/mol. The van der Waals surface area contributed by atoms with E-state index in [1.54, 1.807) is 12.1 Å². The molecular formula is C28H36N6O4S. The summed E-state index contributed by atoms with van der Waals surface area (Å²) in [5, 5.41) is 17.5. The van der Waals surface area contributed by atoms with Gasteiger partial charge in [-0.1, -0.05) is 20.8 Å². The first-order valence-corrected chi connectivity index (χ1v) is 13.8. The monoisotopic (exact) mass is 552 g/mol. The van der Waals surface area contributed by atoms with E-state index in [9.17, 15) is 19.7 Å². The van der Waals surface area contributed by atoms with Crippen molar-refractivity contribution in [3.05, 3.63) is 58.1 Å². The van der Waals surface area contributed by atoms with Crippen LogP contribution in [0.5, 0.6) is 0 Å². The van der Waals surface area contributed by atoms with Crippen molar-refractivity contribution in [1.29, 1.82) is 0 Å². The second kappa shape index (κ2) is 12.4. The quantitative estimate of drug-likeness (QED) is 0.311. The molecule has 0 saturated carbocycles. The minimum absolute atomic E-state index is 0.00397. The predicted molar refractivity (Wildman–Crippen MR) is 157 cm³/mol. The second-order valence-corrected chi connectivity index (χ2v) is 11.0. The van der Waals surface area contributed by atoms with E-state index in [2.05, 4.69) is 22.5 Å². The fourth-order valence-corrected chi connectivity index (χ4v) is 5.18. The smallest absolute Gasteiger partial charge is 0.293 e. The van der Waals surface area contributed by atoms with Crippen LogP contribution in [0.15, 0.2) is 42.5 Å². The van der Waals surface area contributed by atoms with Crippen molar-refractivity contribution in [2.75, 3.05) is 54.4 Å². The maximum atomic E-state index is 12.8. The number of piperazine rings is 1. The Morgan fingerprint density at radius 1 is 0.974 bits per heavy atom. The number of amides is 2. The molecule has 0 atom stereocenters. The number of rotatable bonds is 6. The van der Waals surface area contributed by atoms with Crippen LogP contribution in [0.1, 0.15) is 44.0 Å². The molecule has 2 saturated heterocycles. The number of hydrogen-bond donors (Lipinski definition) is 2. The number of nitro groups is 1. The highest BCUT2D eigenvalue weighted by molar-refractivity contribution is 7.80. The van der Waals surface area contributed by atoms with Gasteiger partial charge in [0.25, 0.3) is 11.6 Å². The van der Waals surface area contributed by atoms with Gasteiger partial charge in [-0.3, -0.25) is 25.0 Å². The van der Waals surface area contributed by atoms with Crippen LogP contribution in [-0.2, 0) is 4.79 Å². The number of nitrogens with one attached hydrogen (secondary N) is 2. The van der Waals surface area contributed by atoms with Gasteiger partial charge in [0, 0.05) is 68.2 Å². The fraction of sp³-hybridized carbons (Fsp3) is 0.464. The number of nitrogens with zero attached hydrogens (tertiary/aromatic N) is 4. The Hall–Kier alpha value is -3.73. The van der Waals surface area contributed by atoms with Gasteiger partial charge in [-0.05, 0) is 67.4 Å².